The predicted molar refractivity (Wildman–Crippen MR) is 110 cm³/mol. The van der Waals surface area contributed by atoms with Crippen LogP contribution in [0.4, 0.5) is 11.4 Å². The molecular weight excluding hydrogens is 374 g/mol. The van der Waals surface area contributed by atoms with Crippen molar-refractivity contribution >= 4 is 27.3 Å². The third kappa shape index (κ3) is 3.64. The molecule has 0 unspecified atom stereocenters. The van der Waals surface area contributed by atoms with Gasteiger partial charge >= 0.3 is 0 Å². The first kappa shape index (κ1) is 19.0. The highest BCUT2D eigenvalue weighted by Crippen LogP contribution is 2.26. The van der Waals surface area contributed by atoms with Crippen LogP contribution < -0.4 is 9.80 Å². The lowest BCUT2D eigenvalue weighted by Gasteiger charge is -2.35. The number of sulfonamides is 1. The van der Waals surface area contributed by atoms with Gasteiger partial charge in [-0.15, -0.1) is 0 Å². The Morgan fingerprint density at radius 3 is 2.18 bits per heavy atom. The summed E-state index contributed by atoms with van der Waals surface area (Å²) in [6, 6.07) is 15.0. The molecule has 2 aromatic carbocycles. The van der Waals surface area contributed by atoms with Crippen molar-refractivity contribution in [2.45, 2.75) is 24.7 Å². The molecule has 28 heavy (non-hydrogen) atoms. The normalized spacial score (nSPS) is 18.7. The summed E-state index contributed by atoms with van der Waals surface area (Å²) in [4.78, 5) is 16.1. The lowest BCUT2D eigenvalue weighted by atomic mass is 10.2. The van der Waals surface area contributed by atoms with E-state index in [0.717, 1.165) is 17.8 Å². The Morgan fingerprint density at radius 1 is 0.857 bits per heavy atom. The third-order valence-corrected chi connectivity index (χ3v) is 7.38. The van der Waals surface area contributed by atoms with Crippen LogP contribution in [-0.2, 0) is 14.8 Å². The van der Waals surface area contributed by atoms with Crippen molar-refractivity contribution in [2.75, 3.05) is 42.5 Å². The Balaban J connectivity index is 1.45. The summed E-state index contributed by atoms with van der Waals surface area (Å²) in [6.45, 7) is 5.02. The van der Waals surface area contributed by atoms with Crippen LogP contribution in [0.1, 0.15) is 18.4 Å². The van der Waals surface area contributed by atoms with Crippen LogP contribution in [0.25, 0.3) is 0 Å². The average Bonchev–Trinajstić information content (AvgIpc) is 3.14. The van der Waals surface area contributed by atoms with Gasteiger partial charge in [0.15, 0.2) is 0 Å². The molecule has 148 valence electrons. The minimum Gasteiger partial charge on any atom is -0.369 e. The highest BCUT2D eigenvalue weighted by molar-refractivity contribution is 7.89. The van der Waals surface area contributed by atoms with Gasteiger partial charge in [0.05, 0.1) is 4.90 Å². The Bertz CT molecular complexity index is 965. The van der Waals surface area contributed by atoms with Crippen molar-refractivity contribution in [1.29, 1.82) is 0 Å². The fraction of sp³-hybridized carbons (Fsp3) is 0.381. The molecule has 4 rings (SSSR count). The Hall–Kier alpha value is -2.38. The molecule has 0 radical (unpaired) electrons. The lowest BCUT2D eigenvalue weighted by molar-refractivity contribution is -0.117. The molecule has 2 aromatic rings. The Kier molecular flexibility index (Phi) is 5.12. The molecule has 0 spiro atoms. The molecule has 0 atom stereocenters. The van der Waals surface area contributed by atoms with E-state index in [1.807, 2.05) is 6.07 Å². The molecule has 2 fully saturated rings. The zero-order valence-corrected chi connectivity index (χ0v) is 16.9. The topological polar surface area (TPSA) is 60.9 Å². The number of carbonyl (C=O) groups is 1. The number of aryl methyl sites for hydroxylation is 1. The van der Waals surface area contributed by atoms with Gasteiger partial charge in [-0.3, -0.25) is 4.79 Å². The fourth-order valence-electron chi connectivity index (χ4n) is 3.88. The molecule has 6 nitrogen and oxygen atoms in total. The van der Waals surface area contributed by atoms with Gasteiger partial charge in [0.25, 0.3) is 0 Å². The number of hydrogen-bond acceptors (Lipinski definition) is 4. The summed E-state index contributed by atoms with van der Waals surface area (Å²) >= 11 is 0. The average molecular weight is 400 g/mol. The number of anilines is 2. The summed E-state index contributed by atoms with van der Waals surface area (Å²) in [5.74, 6) is 0.0999. The molecule has 0 aliphatic carbocycles. The van der Waals surface area contributed by atoms with E-state index in [-0.39, 0.29) is 10.8 Å². The third-order valence-electron chi connectivity index (χ3n) is 5.47. The zero-order chi connectivity index (χ0) is 19.7. The smallest absolute Gasteiger partial charge is 0.243 e. The van der Waals surface area contributed by atoms with Gasteiger partial charge in [-0.1, -0.05) is 12.1 Å². The van der Waals surface area contributed by atoms with Crippen molar-refractivity contribution in [3.63, 3.8) is 0 Å². The van der Waals surface area contributed by atoms with Crippen LogP contribution in [0.15, 0.2) is 53.4 Å². The monoisotopic (exact) mass is 399 g/mol. The quantitative estimate of drug-likeness (QED) is 0.793. The fourth-order valence-corrected chi connectivity index (χ4v) is 5.30. The maximum Gasteiger partial charge on any atom is 0.243 e. The number of carbonyl (C=O) groups excluding carboxylic acids is 1. The largest absolute Gasteiger partial charge is 0.369 e. The molecule has 2 saturated heterocycles. The first-order valence-electron chi connectivity index (χ1n) is 9.67. The van der Waals surface area contributed by atoms with Gasteiger partial charge in [0.2, 0.25) is 15.9 Å². The summed E-state index contributed by atoms with van der Waals surface area (Å²) in [5, 5.41) is 0. The molecule has 0 aromatic heterocycles. The van der Waals surface area contributed by atoms with Crippen molar-refractivity contribution in [3.8, 4) is 0 Å². The number of nitrogens with zero attached hydrogens (tertiary/aromatic N) is 3. The predicted octanol–water partition coefficient (Wildman–Crippen LogP) is 2.63. The summed E-state index contributed by atoms with van der Waals surface area (Å²) in [6.07, 6.45) is 1.41. The lowest BCUT2D eigenvalue weighted by Crippen LogP contribution is -2.48. The van der Waals surface area contributed by atoms with E-state index in [9.17, 15) is 13.2 Å². The molecule has 2 aliphatic heterocycles. The highest BCUT2D eigenvalue weighted by Gasteiger charge is 2.29. The van der Waals surface area contributed by atoms with Crippen LogP contribution in [0.3, 0.4) is 0 Å². The van der Waals surface area contributed by atoms with E-state index < -0.39 is 10.0 Å². The van der Waals surface area contributed by atoms with Crippen LogP contribution in [0.2, 0.25) is 0 Å². The molecule has 7 heteroatoms. The van der Waals surface area contributed by atoms with Crippen LogP contribution in [0, 0.1) is 6.92 Å². The molecular formula is C21H25N3O3S. The number of piperazine rings is 1. The van der Waals surface area contributed by atoms with Crippen LogP contribution in [-0.4, -0.2) is 51.4 Å². The van der Waals surface area contributed by atoms with Gasteiger partial charge in [-0.25, -0.2) is 8.42 Å². The number of amides is 1. The number of hydrogen-bond donors (Lipinski definition) is 0. The Morgan fingerprint density at radius 2 is 1.57 bits per heavy atom. The second kappa shape index (κ2) is 7.56. The van der Waals surface area contributed by atoms with E-state index >= 15 is 0 Å². The zero-order valence-electron chi connectivity index (χ0n) is 16.0. The molecule has 0 saturated carbocycles. The summed E-state index contributed by atoms with van der Waals surface area (Å²) < 4.78 is 27.6. The molecule has 0 bridgehead atoms. The van der Waals surface area contributed by atoms with E-state index in [0.29, 0.717) is 39.1 Å². The maximum absolute atomic E-state index is 13.0. The van der Waals surface area contributed by atoms with Gasteiger partial charge < -0.3 is 9.80 Å². The maximum atomic E-state index is 13.0. The number of rotatable bonds is 4. The van der Waals surface area contributed by atoms with Gasteiger partial charge in [-0.2, -0.15) is 4.31 Å². The highest BCUT2D eigenvalue weighted by atomic mass is 32.2. The summed E-state index contributed by atoms with van der Waals surface area (Å²) in [5.41, 5.74) is 3.10. The van der Waals surface area contributed by atoms with E-state index in [1.54, 1.807) is 33.5 Å². The van der Waals surface area contributed by atoms with E-state index in [2.05, 4.69) is 30.0 Å². The van der Waals surface area contributed by atoms with E-state index in [1.165, 1.54) is 5.56 Å². The van der Waals surface area contributed by atoms with E-state index in [4.69, 9.17) is 0 Å². The standard InChI is InChI=1S/C21H25N3O3S/c1-17-4-2-5-19(16-17)22-12-14-23(15-13-22)28(26,27)20-9-7-18(8-10-20)24-11-3-6-21(24)25/h2,4-5,7-10,16H,3,6,11-15H2,1H3. The van der Waals surface area contributed by atoms with Gasteiger partial charge in [0, 0.05) is 50.5 Å². The van der Waals surface area contributed by atoms with Crippen LogP contribution in [0.5, 0.6) is 0 Å². The molecule has 1 amide bonds. The van der Waals surface area contributed by atoms with Crippen molar-refractivity contribution in [2.24, 2.45) is 0 Å². The first-order valence-corrected chi connectivity index (χ1v) is 11.1. The number of benzene rings is 2. The second-order valence-electron chi connectivity index (χ2n) is 7.37. The molecule has 2 heterocycles. The minimum atomic E-state index is -3.53. The summed E-state index contributed by atoms with van der Waals surface area (Å²) in [7, 11) is -3.53. The SMILES string of the molecule is Cc1cccc(N2CCN(S(=O)(=O)c3ccc(N4CCCC4=O)cc3)CC2)c1. The van der Waals surface area contributed by atoms with Gasteiger partial charge in [-0.05, 0) is 55.3 Å². The van der Waals surface area contributed by atoms with Crippen molar-refractivity contribution in [1.82, 2.24) is 4.31 Å². The minimum absolute atomic E-state index is 0.0999. The van der Waals surface area contributed by atoms with Crippen LogP contribution >= 0.6 is 0 Å². The van der Waals surface area contributed by atoms with Crippen molar-refractivity contribution < 1.29 is 13.2 Å². The first-order chi connectivity index (χ1) is 13.4. The van der Waals surface area contributed by atoms with Gasteiger partial charge in [0.1, 0.15) is 0 Å². The molecule has 0 N–H and O–H groups in total. The second-order valence-corrected chi connectivity index (χ2v) is 9.31. The molecule has 2 aliphatic rings. The van der Waals surface area contributed by atoms with Crippen molar-refractivity contribution in [3.05, 3.63) is 54.1 Å². The Labute approximate surface area is 166 Å².